The zero-order chi connectivity index (χ0) is 11.4. The van der Waals surface area contributed by atoms with E-state index in [-0.39, 0.29) is 6.04 Å². The van der Waals surface area contributed by atoms with Gasteiger partial charge in [0.1, 0.15) is 11.5 Å². The van der Waals surface area contributed by atoms with Gasteiger partial charge >= 0.3 is 0 Å². The first-order valence-corrected chi connectivity index (χ1v) is 6.18. The minimum atomic E-state index is 0.0658. The number of nitrogens with one attached hydrogen (secondary N) is 1. The predicted molar refractivity (Wildman–Crippen MR) is 66.4 cm³/mol. The fraction of sp³-hybridized carbons (Fsp3) is 0.333. The zero-order valence-electron chi connectivity index (χ0n) is 9.27. The van der Waals surface area contributed by atoms with Crippen molar-refractivity contribution in [3.05, 3.63) is 46.0 Å². The van der Waals surface area contributed by atoms with Crippen LogP contribution in [0.3, 0.4) is 0 Å². The first kappa shape index (κ1) is 11.4. The molecule has 1 atom stereocenters. The highest BCUT2D eigenvalue weighted by Crippen LogP contribution is 2.15. The maximum absolute atomic E-state index is 6.03. The van der Waals surface area contributed by atoms with E-state index in [1.54, 1.807) is 11.3 Å². The molecule has 3 nitrogen and oxygen atoms in total. The second-order valence-electron chi connectivity index (χ2n) is 3.77. The molecular weight excluding hydrogens is 220 g/mol. The smallest absolute Gasteiger partial charge is 0.117 e. The Bertz CT molecular complexity index is 422. The number of rotatable bonds is 5. The number of aryl methyl sites for hydroxylation is 1. The Hall–Kier alpha value is -1.10. The monoisotopic (exact) mass is 236 g/mol. The molecule has 1 unspecified atom stereocenters. The van der Waals surface area contributed by atoms with Crippen LogP contribution in [0.25, 0.3) is 0 Å². The second kappa shape index (κ2) is 5.30. The molecule has 0 aliphatic rings. The molecule has 0 aliphatic carbocycles. The van der Waals surface area contributed by atoms with Gasteiger partial charge in [-0.25, -0.2) is 0 Å². The summed E-state index contributed by atoms with van der Waals surface area (Å²) in [7, 11) is 0. The lowest BCUT2D eigenvalue weighted by molar-refractivity contribution is 0.456. The van der Waals surface area contributed by atoms with Gasteiger partial charge in [-0.15, -0.1) is 11.3 Å². The number of furan rings is 1. The Morgan fingerprint density at radius 1 is 1.44 bits per heavy atom. The molecule has 0 radical (unpaired) electrons. The molecule has 0 bridgehead atoms. The molecule has 16 heavy (non-hydrogen) atoms. The molecule has 0 saturated carbocycles. The summed E-state index contributed by atoms with van der Waals surface area (Å²) in [6.45, 7) is 3.44. The predicted octanol–water partition coefficient (Wildman–Crippen LogP) is 2.44. The van der Waals surface area contributed by atoms with Crippen LogP contribution in [0.5, 0.6) is 0 Å². The SMILES string of the molecule is Cc1ccc(CNCC(N)c2cccs2)o1. The molecule has 0 spiro atoms. The van der Waals surface area contributed by atoms with Crippen LogP contribution in [0.1, 0.15) is 22.4 Å². The van der Waals surface area contributed by atoms with Crippen LogP contribution >= 0.6 is 11.3 Å². The fourth-order valence-electron chi connectivity index (χ4n) is 1.53. The molecule has 0 saturated heterocycles. The molecule has 2 aromatic rings. The number of thiophene rings is 1. The summed E-state index contributed by atoms with van der Waals surface area (Å²) in [5.74, 6) is 1.90. The fourth-order valence-corrected chi connectivity index (χ4v) is 2.26. The Balaban J connectivity index is 1.76. The van der Waals surface area contributed by atoms with Gasteiger partial charge in [0.25, 0.3) is 0 Å². The lowest BCUT2D eigenvalue weighted by atomic mass is 10.2. The van der Waals surface area contributed by atoms with Crippen molar-refractivity contribution >= 4 is 11.3 Å². The van der Waals surface area contributed by atoms with Crippen LogP contribution < -0.4 is 11.1 Å². The third-order valence-corrected chi connectivity index (χ3v) is 3.37. The Labute approximate surface area is 99.3 Å². The maximum Gasteiger partial charge on any atom is 0.117 e. The molecule has 86 valence electrons. The highest BCUT2D eigenvalue weighted by atomic mass is 32.1. The van der Waals surface area contributed by atoms with E-state index in [0.29, 0.717) is 0 Å². The van der Waals surface area contributed by atoms with Gasteiger partial charge in [-0.05, 0) is 30.5 Å². The Kier molecular flexibility index (Phi) is 3.77. The molecule has 0 amide bonds. The highest BCUT2D eigenvalue weighted by molar-refractivity contribution is 7.10. The molecular formula is C12H16N2OS. The van der Waals surface area contributed by atoms with E-state index in [4.69, 9.17) is 10.2 Å². The Morgan fingerprint density at radius 3 is 2.94 bits per heavy atom. The van der Waals surface area contributed by atoms with Crippen LogP contribution in [-0.2, 0) is 6.54 Å². The summed E-state index contributed by atoms with van der Waals surface area (Å²) in [6.07, 6.45) is 0. The van der Waals surface area contributed by atoms with E-state index in [1.165, 1.54) is 4.88 Å². The largest absolute Gasteiger partial charge is 0.465 e. The van der Waals surface area contributed by atoms with Gasteiger partial charge in [-0.1, -0.05) is 6.07 Å². The molecule has 0 fully saturated rings. The van der Waals surface area contributed by atoms with Gasteiger partial charge in [0.15, 0.2) is 0 Å². The molecule has 2 heterocycles. The average Bonchev–Trinajstić information content (AvgIpc) is 2.89. The summed E-state index contributed by atoms with van der Waals surface area (Å²) in [6, 6.07) is 8.11. The van der Waals surface area contributed by atoms with Gasteiger partial charge in [-0.3, -0.25) is 0 Å². The normalized spacial score (nSPS) is 12.9. The number of nitrogens with two attached hydrogens (primary N) is 1. The van der Waals surface area contributed by atoms with Gasteiger partial charge in [0.05, 0.1) is 12.6 Å². The lowest BCUT2D eigenvalue weighted by Gasteiger charge is -2.09. The van der Waals surface area contributed by atoms with Crippen molar-refractivity contribution in [2.24, 2.45) is 5.73 Å². The quantitative estimate of drug-likeness (QED) is 0.838. The summed E-state index contributed by atoms with van der Waals surface area (Å²) >= 11 is 1.69. The van der Waals surface area contributed by atoms with E-state index in [1.807, 2.05) is 30.5 Å². The van der Waals surface area contributed by atoms with Crippen LogP contribution in [0, 0.1) is 6.92 Å². The minimum absolute atomic E-state index is 0.0658. The standard InChI is InChI=1S/C12H16N2OS/c1-9-4-5-10(15-9)7-14-8-11(13)12-3-2-6-16-12/h2-6,11,14H,7-8,13H2,1H3. The van der Waals surface area contributed by atoms with Crippen molar-refractivity contribution < 1.29 is 4.42 Å². The number of hydrogen-bond acceptors (Lipinski definition) is 4. The molecule has 3 N–H and O–H groups in total. The van der Waals surface area contributed by atoms with E-state index in [0.717, 1.165) is 24.6 Å². The van der Waals surface area contributed by atoms with E-state index >= 15 is 0 Å². The lowest BCUT2D eigenvalue weighted by Crippen LogP contribution is -2.25. The van der Waals surface area contributed by atoms with E-state index in [2.05, 4.69) is 11.4 Å². The molecule has 0 aliphatic heterocycles. The van der Waals surface area contributed by atoms with Gasteiger partial charge in [0.2, 0.25) is 0 Å². The van der Waals surface area contributed by atoms with Crippen molar-refractivity contribution in [3.8, 4) is 0 Å². The first-order chi connectivity index (χ1) is 7.75. The van der Waals surface area contributed by atoms with Crippen LogP contribution in [-0.4, -0.2) is 6.54 Å². The molecule has 0 aromatic carbocycles. The molecule has 4 heteroatoms. The zero-order valence-corrected chi connectivity index (χ0v) is 10.1. The van der Waals surface area contributed by atoms with Gasteiger partial charge in [-0.2, -0.15) is 0 Å². The van der Waals surface area contributed by atoms with Crippen molar-refractivity contribution in [3.63, 3.8) is 0 Å². The van der Waals surface area contributed by atoms with Gasteiger partial charge in [0, 0.05) is 11.4 Å². The van der Waals surface area contributed by atoms with Gasteiger partial charge < -0.3 is 15.5 Å². The van der Waals surface area contributed by atoms with E-state index in [9.17, 15) is 0 Å². The number of hydrogen-bond donors (Lipinski definition) is 2. The Morgan fingerprint density at radius 2 is 2.31 bits per heavy atom. The van der Waals surface area contributed by atoms with Crippen LogP contribution in [0.2, 0.25) is 0 Å². The van der Waals surface area contributed by atoms with Crippen molar-refractivity contribution in [2.75, 3.05) is 6.54 Å². The highest BCUT2D eigenvalue weighted by Gasteiger charge is 2.06. The third-order valence-electron chi connectivity index (χ3n) is 2.37. The van der Waals surface area contributed by atoms with Crippen LogP contribution in [0.4, 0.5) is 0 Å². The van der Waals surface area contributed by atoms with Crippen molar-refractivity contribution in [2.45, 2.75) is 19.5 Å². The topological polar surface area (TPSA) is 51.2 Å². The van der Waals surface area contributed by atoms with E-state index < -0.39 is 0 Å². The summed E-state index contributed by atoms with van der Waals surface area (Å²) < 4.78 is 5.46. The van der Waals surface area contributed by atoms with Crippen LogP contribution in [0.15, 0.2) is 34.1 Å². The summed E-state index contributed by atoms with van der Waals surface area (Å²) in [4.78, 5) is 1.21. The average molecular weight is 236 g/mol. The van der Waals surface area contributed by atoms with Crippen molar-refractivity contribution in [1.29, 1.82) is 0 Å². The minimum Gasteiger partial charge on any atom is -0.465 e. The third kappa shape index (κ3) is 2.95. The van der Waals surface area contributed by atoms with Crippen molar-refractivity contribution in [1.82, 2.24) is 5.32 Å². The summed E-state index contributed by atoms with van der Waals surface area (Å²) in [5.41, 5.74) is 6.03. The maximum atomic E-state index is 6.03. The molecule has 2 rings (SSSR count). The first-order valence-electron chi connectivity index (χ1n) is 5.31. The second-order valence-corrected chi connectivity index (χ2v) is 4.74. The molecule has 2 aromatic heterocycles. The summed E-state index contributed by atoms with van der Waals surface area (Å²) in [5, 5.41) is 5.34.